The van der Waals surface area contributed by atoms with E-state index in [0.29, 0.717) is 4.90 Å². The first-order chi connectivity index (χ1) is 23.7. The van der Waals surface area contributed by atoms with Crippen molar-refractivity contribution in [3.8, 4) is 0 Å². The molecule has 0 bridgehead atoms. The molecule has 2 aromatic carbocycles. The van der Waals surface area contributed by atoms with E-state index in [1.807, 2.05) is 0 Å². The summed E-state index contributed by atoms with van der Waals surface area (Å²) in [4.78, 5) is 43.1. The average Bonchev–Trinajstić information content (AvgIpc) is 3.08. The van der Waals surface area contributed by atoms with Crippen LogP contribution in [0.2, 0.25) is 5.02 Å². The number of aromatic nitrogens is 1. The van der Waals surface area contributed by atoms with Gasteiger partial charge in [-0.15, -0.1) is 0 Å². The minimum atomic E-state index is -4.59. The van der Waals surface area contributed by atoms with E-state index in [2.05, 4.69) is 10.3 Å². The van der Waals surface area contributed by atoms with Gasteiger partial charge in [-0.2, -0.15) is 13.2 Å². The van der Waals surface area contributed by atoms with Gasteiger partial charge in [-0.1, -0.05) is 23.7 Å². The van der Waals surface area contributed by atoms with Gasteiger partial charge in [0.15, 0.2) is 0 Å². The molecule has 3 amide bonds. The summed E-state index contributed by atoms with van der Waals surface area (Å²) in [5.41, 5.74) is 6.36. The van der Waals surface area contributed by atoms with Crippen molar-refractivity contribution >= 4 is 35.4 Å². The lowest BCUT2D eigenvalue weighted by Crippen LogP contribution is -2.50. The van der Waals surface area contributed by atoms with Gasteiger partial charge in [0, 0.05) is 24.2 Å². The first-order valence-electron chi connectivity index (χ1n) is 15.0. The summed E-state index contributed by atoms with van der Waals surface area (Å²) in [6, 6.07) is 6.13. The number of methoxy groups -OCH3 is 1. The molecule has 0 unspecified atom stereocenters. The highest BCUT2D eigenvalue weighted by atomic mass is 35.5. The first-order valence-corrected chi connectivity index (χ1v) is 15.4. The zero-order valence-electron chi connectivity index (χ0n) is 26.3. The average molecular weight is 732 g/mol. The maximum Gasteiger partial charge on any atom is 0.420 e. The van der Waals surface area contributed by atoms with Gasteiger partial charge < -0.3 is 30.6 Å². The number of hydrogen-bond acceptors (Lipinski definition) is 9. The highest BCUT2D eigenvalue weighted by molar-refractivity contribution is 6.30. The number of nitrogens with zero attached hydrogens (tertiary/aromatic N) is 2. The predicted octanol–water partition coefficient (Wildman–Crippen LogP) is 4.99. The quantitative estimate of drug-likeness (QED) is 0.233. The molecule has 1 aliphatic heterocycles. The normalized spacial score (nSPS) is 17.4. The molecule has 1 fully saturated rings. The Morgan fingerprint density at radius 2 is 1.88 bits per heavy atom. The van der Waals surface area contributed by atoms with Gasteiger partial charge in [0.05, 0.1) is 48.8 Å². The summed E-state index contributed by atoms with van der Waals surface area (Å²) in [5.74, 6) is -4.74. The van der Waals surface area contributed by atoms with Crippen LogP contribution in [0.5, 0.6) is 0 Å². The van der Waals surface area contributed by atoms with Gasteiger partial charge in [0.2, 0.25) is 0 Å². The van der Waals surface area contributed by atoms with Crippen LogP contribution in [0, 0.1) is 17.5 Å². The number of alkyl halides is 3. The van der Waals surface area contributed by atoms with E-state index in [1.54, 1.807) is 5.32 Å². The van der Waals surface area contributed by atoms with E-state index in [9.17, 15) is 36.3 Å². The molecule has 0 radical (unpaired) electrons. The van der Waals surface area contributed by atoms with Crippen LogP contribution in [0.4, 0.5) is 41.6 Å². The van der Waals surface area contributed by atoms with Crippen molar-refractivity contribution in [1.29, 1.82) is 0 Å². The summed E-state index contributed by atoms with van der Waals surface area (Å²) in [6.07, 6.45) is -5.34. The lowest BCUT2D eigenvalue weighted by molar-refractivity contribution is -0.124. The fourth-order valence-corrected chi connectivity index (χ4v) is 5.39. The number of nitrogens with one attached hydrogen (secondary N) is 2. The molecule has 1 saturated heterocycles. The van der Waals surface area contributed by atoms with E-state index in [4.69, 9.17) is 31.5 Å². The van der Waals surface area contributed by atoms with Gasteiger partial charge >= 0.3 is 18.4 Å². The van der Waals surface area contributed by atoms with E-state index in [-0.39, 0.29) is 60.0 Å². The predicted molar refractivity (Wildman–Crippen MR) is 167 cm³/mol. The molecule has 2 heterocycles. The molecule has 50 heavy (non-hydrogen) atoms. The second kappa shape index (κ2) is 17.0. The van der Waals surface area contributed by atoms with Crippen molar-refractivity contribution < 1.29 is 54.9 Å². The van der Waals surface area contributed by atoms with Crippen LogP contribution >= 0.6 is 11.6 Å². The number of morpholine rings is 1. The van der Waals surface area contributed by atoms with E-state index < -0.39 is 72.4 Å². The van der Waals surface area contributed by atoms with Crippen LogP contribution in [0.25, 0.3) is 0 Å². The number of benzene rings is 2. The number of alkyl carbamates (subject to hydrolysis) is 1. The zero-order valence-corrected chi connectivity index (χ0v) is 27.1. The smallest absolute Gasteiger partial charge is 0.420 e. The number of rotatable bonds is 11. The standard InChI is InChI=1S/C32H32ClF6N5O6/c1-48-31(47)44(29(45)28(40)27(18-9-19(34)12-41-11-18)17-5-8-23(33)25(36)10-17)26-4-2-3-24(35)22(26)7-6-21-13-42-20(14-49-21)15-50-30(46)43-16-32(37,38)39/h2-5,8-12,20-21,27-28,42H,6-7,13-16,40H2,1H3,(H,43,46)/t20-,21+,27-,28-/m0/s1. The fraction of sp³-hybridized carbons (Fsp3) is 0.375. The summed E-state index contributed by atoms with van der Waals surface area (Å²) in [7, 11) is 0.997. The molecular formula is C32H32ClF6N5O6. The zero-order chi connectivity index (χ0) is 36.6. The maximum absolute atomic E-state index is 15.4. The fourth-order valence-electron chi connectivity index (χ4n) is 5.27. The van der Waals surface area contributed by atoms with Crippen molar-refractivity contribution in [1.82, 2.24) is 15.6 Å². The Bertz CT molecular complexity index is 1680. The minimum absolute atomic E-state index is 0.00455. The number of amides is 3. The Labute approximate surface area is 287 Å². The van der Waals surface area contributed by atoms with Crippen LogP contribution in [-0.2, 0) is 25.4 Å². The van der Waals surface area contributed by atoms with E-state index in [0.717, 1.165) is 31.5 Å². The molecule has 4 atom stereocenters. The summed E-state index contributed by atoms with van der Waals surface area (Å²) in [6.45, 7) is -1.63. The molecule has 0 aliphatic carbocycles. The molecule has 3 aromatic rings. The van der Waals surface area contributed by atoms with Gasteiger partial charge in [0.1, 0.15) is 30.6 Å². The summed E-state index contributed by atoms with van der Waals surface area (Å²) >= 11 is 5.85. The lowest BCUT2D eigenvalue weighted by atomic mass is 9.85. The lowest BCUT2D eigenvalue weighted by Gasteiger charge is -2.31. The van der Waals surface area contributed by atoms with Crippen molar-refractivity contribution in [2.45, 2.75) is 43.1 Å². The first kappa shape index (κ1) is 38.4. The largest absolute Gasteiger partial charge is 0.452 e. The van der Waals surface area contributed by atoms with Crippen LogP contribution in [-0.4, -0.2) is 80.9 Å². The third-order valence-electron chi connectivity index (χ3n) is 7.68. The topological polar surface area (TPSA) is 145 Å². The molecule has 4 N–H and O–H groups in total. The van der Waals surface area contributed by atoms with Crippen molar-refractivity contribution in [3.63, 3.8) is 0 Å². The third-order valence-corrected chi connectivity index (χ3v) is 7.98. The molecule has 1 aromatic heterocycles. The number of anilines is 1. The molecule has 4 rings (SSSR count). The number of ether oxygens (including phenoxy) is 3. The van der Waals surface area contributed by atoms with Crippen molar-refractivity contribution in [2.75, 3.05) is 38.3 Å². The third kappa shape index (κ3) is 10.1. The Hall–Kier alpha value is -4.45. The summed E-state index contributed by atoms with van der Waals surface area (Å²) < 4.78 is 96.4. The molecule has 11 nitrogen and oxygen atoms in total. The Morgan fingerprint density at radius 1 is 1.12 bits per heavy atom. The van der Waals surface area contributed by atoms with E-state index >= 15 is 4.39 Å². The number of nitrogens with two attached hydrogens (primary N) is 1. The van der Waals surface area contributed by atoms with Crippen LogP contribution in [0.15, 0.2) is 54.9 Å². The Balaban J connectivity index is 1.51. The van der Waals surface area contributed by atoms with Crippen molar-refractivity contribution in [3.05, 3.63) is 94.0 Å². The highest BCUT2D eigenvalue weighted by Crippen LogP contribution is 2.33. The number of carbonyl (C=O) groups excluding carboxylic acids is 3. The molecule has 0 spiro atoms. The highest BCUT2D eigenvalue weighted by Gasteiger charge is 2.37. The molecule has 270 valence electrons. The number of imide groups is 1. The van der Waals surface area contributed by atoms with E-state index in [1.165, 1.54) is 30.5 Å². The second-order valence-corrected chi connectivity index (χ2v) is 11.6. The van der Waals surface area contributed by atoms with Gasteiger partial charge in [-0.3, -0.25) is 9.78 Å². The maximum atomic E-state index is 15.4. The molecule has 1 aliphatic rings. The molecule has 18 heteroatoms. The monoisotopic (exact) mass is 731 g/mol. The summed E-state index contributed by atoms with van der Waals surface area (Å²) in [5, 5.41) is 4.40. The number of halogens is 7. The molecular weight excluding hydrogens is 700 g/mol. The van der Waals surface area contributed by atoms with Gasteiger partial charge in [-0.05, 0) is 54.3 Å². The SMILES string of the molecule is COC(=O)N(C(=O)[C@@H](N)[C@H](c1cncc(F)c1)c1ccc(Cl)c(F)c1)c1cccc(F)c1CC[C@@H]1CN[C@H](COC(=O)NCC(F)(F)F)CO1. The number of hydrogen-bond donors (Lipinski definition) is 3. The number of pyridine rings is 1. The van der Waals surface area contributed by atoms with Gasteiger partial charge in [-0.25, -0.2) is 27.7 Å². The molecule has 0 saturated carbocycles. The van der Waals surface area contributed by atoms with Crippen LogP contribution < -0.4 is 21.3 Å². The van der Waals surface area contributed by atoms with Crippen molar-refractivity contribution in [2.24, 2.45) is 5.73 Å². The number of carbonyl (C=O) groups is 3. The Morgan fingerprint density at radius 3 is 2.52 bits per heavy atom. The van der Waals surface area contributed by atoms with Gasteiger partial charge in [0.25, 0.3) is 5.91 Å². The minimum Gasteiger partial charge on any atom is -0.452 e. The Kier molecular flexibility index (Phi) is 13.0. The second-order valence-electron chi connectivity index (χ2n) is 11.2. The van der Waals surface area contributed by atoms with Crippen LogP contribution in [0.3, 0.4) is 0 Å². The van der Waals surface area contributed by atoms with Crippen LogP contribution in [0.1, 0.15) is 29.0 Å².